The van der Waals surface area contributed by atoms with Crippen LogP contribution in [0, 0.1) is 17.0 Å². The van der Waals surface area contributed by atoms with E-state index in [1.54, 1.807) is 66.7 Å². The summed E-state index contributed by atoms with van der Waals surface area (Å²) in [5.74, 6) is -0.600. The number of nitro groups is 1. The van der Waals surface area contributed by atoms with Crippen molar-refractivity contribution in [3.8, 4) is 5.75 Å². The zero-order chi connectivity index (χ0) is 27.0. The Balaban J connectivity index is 1.83. The lowest BCUT2D eigenvalue weighted by Gasteiger charge is -2.45. The Morgan fingerprint density at radius 3 is 2.18 bits per heavy atom. The summed E-state index contributed by atoms with van der Waals surface area (Å²) in [6.45, 7) is 1.85. The van der Waals surface area contributed by atoms with Crippen molar-refractivity contribution in [2.24, 2.45) is 0 Å². The average Bonchev–Trinajstić information content (AvgIpc) is 2.92. The van der Waals surface area contributed by atoms with E-state index in [-0.39, 0.29) is 22.7 Å². The number of aryl methyl sites for hydroxylation is 1. The van der Waals surface area contributed by atoms with E-state index >= 15 is 0 Å². The highest BCUT2D eigenvalue weighted by molar-refractivity contribution is 7.89. The second-order valence-corrected chi connectivity index (χ2v) is 11.4. The van der Waals surface area contributed by atoms with E-state index in [1.807, 2.05) is 6.92 Å². The molecule has 1 aliphatic carbocycles. The van der Waals surface area contributed by atoms with Crippen LogP contribution in [0.2, 0.25) is 0 Å². The molecule has 3 atom stereocenters. The predicted octanol–water partition coefficient (Wildman–Crippen LogP) is 5.19. The predicted molar refractivity (Wildman–Crippen MR) is 142 cm³/mol. The maximum atomic E-state index is 14.3. The third-order valence-electron chi connectivity index (χ3n) is 7.36. The number of ketones is 1. The molecule has 1 aliphatic heterocycles. The smallest absolute Gasteiger partial charge is 0.264 e. The van der Waals surface area contributed by atoms with Gasteiger partial charge in [-0.15, -0.1) is 0 Å². The lowest BCUT2D eigenvalue weighted by Crippen LogP contribution is -2.52. The van der Waals surface area contributed by atoms with Crippen LogP contribution in [-0.2, 0) is 14.8 Å². The van der Waals surface area contributed by atoms with Gasteiger partial charge in [-0.2, -0.15) is 0 Å². The van der Waals surface area contributed by atoms with Gasteiger partial charge in [-0.1, -0.05) is 60.2 Å². The van der Waals surface area contributed by atoms with Crippen LogP contribution in [0.1, 0.15) is 47.9 Å². The Hall–Kier alpha value is -3.98. The zero-order valence-corrected chi connectivity index (χ0v) is 21.9. The van der Waals surface area contributed by atoms with E-state index in [0.29, 0.717) is 35.4 Å². The van der Waals surface area contributed by atoms with Crippen LogP contribution in [0.25, 0.3) is 0 Å². The number of nitrogens with zero attached hydrogens (tertiary/aromatic N) is 2. The van der Waals surface area contributed by atoms with Crippen molar-refractivity contribution in [2.45, 2.75) is 49.1 Å². The number of hydrogen-bond donors (Lipinski definition) is 0. The van der Waals surface area contributed by atoms with E-state index in [9.17, 15) is 23.3 Å². The third kappa shape index (κ3) is 4.36. The second kappa shape index (κ2) is 10.1. The van der Waals surface area contributed by atoms with Gasteiger partial charge in [0.1, 0.15) is 11.8 Å². The van der Waals surface area contributed by atoms with Gasteiger partial charge in [0.2, 0.25) is 6.04 Å². The van der Waals surface area contributed by atoms with Crippen LogP contribution >= 0.6 is 0 Å². The molecule has 0 unspecified atom stereocenters. The lowest BCUT2D eigenvalue weighted by atomic mass is 9.72. The Labute approximate surface area is 221 Å². The van der Waals surface area contributed by atoms with E-state index in [0.717, 1.165) is 5.56 Å². The highest BCUT2D eigenvalue weighted by atomic mass is 32.2. The van der Waals surface area contributed by atoms with Crippen molar-refractivity contribution < 1.29 is 22.9 Å². The summed E-state index contributed by atoms with van der Waals surface area (Å²) in [5, 5.41) is 12.9. The van der Waals surface area contributed by atoms with Gasteiger partial charge in [0.05, 0.1) is 17.9 Å². The summed E-state index contributed by atoms with van der Waals surface area (Å²) in [5.41, 5.74) is 2.51. The molecule has 0 radical (unpaired) electrons. The van der Waals surface area contributed by atoms with E-state index < -0.39 is 32.9 Å². The first-order chi connectivity index (χ1) is 18.2. The fourth-order valence-electron chi connectivity index (χ4n) is 5.60. The summed E-state index contributed by atoms with van der Waals surface area (Å²) in [6.07, 6.45) is 1.01. The molecule has 2 aliphatic rings. The van der Waals surface area contributed by atoms with Crippen molar-refractivity contribution >= 4 is 15.8 Å². The number of carbonyl (C=O) groups excluding carboxylic acids is 1. The molecule has 3 aromatic carbocycles. The highest BCUT2D eigenvalue weighted by Gasteiger charge is 2.56. The molecule has 8 nitrogen and oxygen atoms in total. The minimum absolute atomic E-state index is 0.0268. The first kappa shape index (κ1) is 25.7. The molecule has 196 valence electrons. The molecule has 0 saturated carbocycles. The zero-order valence-electron chi connectivity index (χ0n) is 21.1. The van der Waals surface area contributed by atoms with Crippen LogP contribution in [0.4, 0.5) is 0 Å². The molecule has 9 heteroatoms. The van der Waals surface area contributed by atoms with Gasteiger partial charge in [-0.3, -0.25) is 19.2 Å². The van der Waals surface area contributed by atoms with Crippen LogP contribution < -0.4 is 4.74 Å². The van der Waals surface area contributed by atoms with Gasteiger partial charge >= 0.3 is 0 Å². The SMILES string of the molecule is COc1ccc([C@@H]2C3=C(CCCC3=O)N(S(=O)(=O)c3ccc(C)cc3)[C@H](c3ccccc3)[C@H]2[N+](=O)[O-])cc1. The van der Waals surface area contributed by atoms with Gasteiger partial charge in [-0.05, 0) is 55.2 Å². The lowest BCUT2D eigenvalue weighted by molar-refractivity contribution is -0.534. The van der Waals surface area contributed by atoms with E-state index in [4.69, 9.17) is 4.74 Å². The topological polar surface area (TPSA) is 107 Å². The molecule has 38 heavy (non-hydrogen) atoms. The molecular formula is C29H28N2O6S. The fraction of sp³-hybridized carbons (Fsp3) is 0.276. The third-order valence-corrected chi connectivity index (χ3v) is 9.19. The number of allylic oxidation sites excluding steroid dienone is 1. The molecule has 1 heterocycles. The molecular weight excluding hydrogens is 504 g/mol. The Bertz CT molecular complexity index is 1500. The Morgan fingerprint density at radius 1 is 0.921 bits per heavy atom. The van der Waals surface area contributed by atoms with Crippen LogP contribution in [0.3, 0.4) is 0 Å². The normalized spacial score (nSPS) is 21.7. The summed E-state index contributed by atoms with van der Waals surface area (Å²) < 4.78 is 35.0. The highest BCUT2D eigenvalue weighted by Crippen LogP contribution is 2.51. The van der Waals surface area contributed by atoms with Gasteiger partial charge in [0.25, 0.3) is 10.0 Å². The van der Waals surface area contributed by atoms with Crippen molar-refractivity contribution in [3.63, 3.8) is 0 Å². The standard InChI is InChI=1S/C29H28N2O6S/c1-19-11-17-23(18-12-19)38(35,36)30-24-9-6-10-25(32)27(24)26(20-13-15-22(37-2)16-14-20)29(31(33)34)28(30)21-7-4-3-5-8-21/h3-5,7-8,11-18,26,28-29H,6,9-10H2,1-2H3/t26-,28-,29+/m1/s1. The number of carbonyl (C=O) groups is 1. The number of hydrogen-bond acceptors (Lipinski definition) is 6. The number of methoxy groups -OCH3 is 1. The maximum Gasteiger partial charge on any atom is 0.264 e. The number of Topliss-reactive ketones (excluding diaryl/α,β-unsaturated/α-hetero) is 1. The van der Waals surface area contributed by atoms with Gasteiger partial charge in [0, 0.05) is 22.6 Å². The minimum Gasteiger partial charge on any atom is -0.497 e. The maximum absolute atomic E-state index is 14.3. The first-order valence-electron chi connectivity index (χ1n) is 12.4. The quantitative estimate of drug-likeness (QED) is 0.320. The molecule has 0 bridgehead atoms. The Morgan fingerprint density at radius 2 is 1.58 bits per heavy atom. The van der Waals surface area contributed by atoms with Crippen LogP contribution in [-0.4, -0.2) is 36.6 Å². The molecule has 0 N–H and O–H groups in total. The average molecular weight is 533 g/mol. The van der Waals surface area contributed by atoms with Crippen molar-refractivity contribution in [1.82, 2.24) is 4.31 Å². The molecule has 0 amide bonds. The van der Waals surface area contributed by atoms with Crippen molar-refractivity contribution in [1.29, 1.82) is 0 Å². The molecule has 0 spiro atoms. The van der Waals surface area contributed by atoms with Crippen molar-refractivity contribution in [3.05, 3.63) is 117 Å². The molecule has 0 saturated heterocycles. The van der Waals surface area contributed by atoms with Gasteiger partial charge in [-0.25, -0.2) is 8.42 Å². The summed E-state index contributed by atoms with van der Waals surface area (Å²) >= 11 is 0. The summed E-state index contributed by atoms with van der Waals surface area (Å²) in [7, 11) is -2.73. The molecule has 5 rings (SSSR count). The van der Waals surface area contributed by atoms with Crippen molar-refractivity contribution in [2.75, 3.05) is 7.11 Å². The number of ether oxygens (including phenoxy) is 1. The van der Waals surface area contributed by atoms with E-state index in [1.165, 1.54) is 23.5 Å². The van der Waals surface area contributed by atoms with Gasteiger partial charge < -0.3 is 4.74 Å². The number of rotatable bonds is 6. The first-order valence-corrected chi connectivity index (χ1v) is 13.9. The van der Waals surface area contributed by atoms with Crippen LogP contribution in [0.5, 0.6) is 5.75 Å². The number of sulfonamides is 1. The molecule has 3 aromatic rings. The fourth-order valence-corrected chi connectivity index (χ4v) is 7.33. The number of benzene rings is 3. The minimum atomic E-state index is -4.25. The monoisotopic (exact) mass is 532 g/mol. The van der Waals surface area contributed by atoms with Gasteiger partial charge in [0.15, 0.2) is 5.78 Å². The van der Waals surface area contributed by atoms with E-state index in [2.05, 4.69) is 0 Å². The van der Waals surface area contributed by atoms with Crippen LogP contribution in [0.15, 0.2) is 95.0 Å². The summed E-state index contributed by atoms with van der Waals surface area (Å²) in [6, 6.07) is 19.3. The summed E-state index contributed by atoms with van der Waals surface area (Å²) in [4.78, 5) is 26.0. The largest absolute Gasteiger partial charge is 0.497 e. The molecule has 0 aromatic heterocycles. The second-order valence-electron chi connectivity index (χ2n) is 9.63. The molecule has 0 fully saturated rings. The Kier molecular flexibility index (Phi) is 6.79.